The smallest absolute Gasteiger partial charge is 0.238 e. The van der Waals surface area contributed by atoms with Crippen LogP contribution in [-0.4, -0.2) is 59.3 Å². The largest absolute Gasteiger partial charge is 0.353 e. The SMILES string of the molecule is O=C(CN1CCN(c2ncnc3ccccc23)CC1)Nc1ccc(Cl)cc1C(=O)c1ccccc1Cl. The van der Waals surface area contributed by atoms with Gasteiger partial charge in [0.1, 0.15) is 12.1 Å². The second kappa shape index (κ2) is 10.6. The number of hydrogen-bond donors (Lipinski definition) is 1. The standard InChI is InChI=1S/C27H23Cl2N5O2/c28-18-9-10-24(21(15-18)26(36)19-5-1-3-7-22(19)29)32-25(35)16-33-11-13-34(14-12-33)27-20-6-2-4-8-23(20)30-17-31-27/h1-10,15,17H,11-14,16H2,(H,32,35). The number of piperazine rings is 1. The van der Waals surface area contributed by atoms with Crippen molar-refractivity contribution in [3.8, 4) is 0 Å². The fourth-order valence-electron chi connectivity index (χ4n) is 4.36. The molecule has 1 aliphatic heterocycles. The molecule has 1 amide bonds. The van der Waals surface area contributed by atoms with Crippen molar-refractivity contribution < 1.29 is 9.59 Å². The quantitative estimate of drug-likeness (QED) is 0.364. The van der Waals surface area contributed by atoms with E-state index in [1.54, 1.807) is 48.8 Å². The molecule has 0 spiro atoms. The highest BCUT2D eigenvalue weighted by molar-refractivity contribution is 6.36. The van der Waals surface area contributed by atoms with E-state index in [4.69, 9.17) is 23.2 Å². The zero-order valence-corrected chi connectivity index (χ0v) is 20.8. The minimum Gasteiger partial charge on any atom is -0.353 e. The van der Waals surface area contributed by atoms with Crippen LogP contribution in [0, 0.1) is 0 Å². The molecule has 9 heteroatoms. The summed E-state index contributed by atoms with van der Waals surface area (Å²) in [5.41, 5.74) is 1.96. The summed E-state index contributed by atoms with van der Waals surface area (Å²) in [5.74, 6) is 0.407. The maximum absolute atomic E-state index is 13.2. The van der Waals surface area contributed by atoms with E-state index in [9.17, 15) is 9.59 Å². The van der Waals surface area contributed by atoms with Crippen molar-refractivity contribution >= 4 is 57.3 Å². The normalized spacial score (nSPS) is 14.1. The number of hydrogen-bond acceptors (Lipinski definition) is 6. The van der Waals surface area contributed by atoms with E-state index in [0.717, 1.165) is 29.8 Å². The Labute approximate surface area is 218 Å². The van der Waals surface area contributed by atoms with Gasteiger partial charge in [-0.15, -0.1) is 0 Å². The molecule has 182 valence electrons. The van der Waals surface area contributed by atoms with E-state index in [2.05, 4.69) is 25.1 Å². The van der Waals surface area contributed by atoms with Crippen LogP contribution in [0.2, 0.25) is 10.0 Å². The Balaban J connectivity index is 1.24. The molecule has 1 aliphatic rings. The molecule has 2 heterocycles. The number of benzene rings is 3. The summed E-state index contributed by atoms with van der Waals surface area (Å²) in [7, 11) is 0. The molecule has 4 aromatic rings. The third kappa shape index (κ3) is 5.18. The Kier molecular flexibility index (Phi) is 7.13. The van der Waals surface area contributed by atoms with Crippen molar-refractivity contribution in [2.45, 2.75) is 0 Å². The van der Waals surface area contributed by atoms with Gasteiger partial charge in [-0.2, -0.15) is 0 Å². The van der Waals surface area contributed by atoms with Gasteiger partial charge in [-0.05, 0) is 42.5 Å². The predicted molar refractivity (Wildman–Crippen MR) is 143 cm³/mol. The van der Waals surface area contributed by atoms with Crippen LogP contribution in [0.1, 0.15) is 15.9 Å². The number of fused-ring (bicyclic) bond motifs is 1. The molecule has 0 aliphatic carbocycles. The van der Waals surface area contributed by atoms with Gasteiger partial charge in [0, 0.05) is 47.7 Å². The molecule has 7 nitrogen and oxygen atoms in total. The summed E-state index contributed by atoms with van der Waals surface area (Å²) in [5, 5.41) is 4.64. The van der Waals surface area contributed by atoms with Gasteiger partial charge in [0.05, 0.1) is 22.8 Å². The average molecular weight is 520 g/mol. The minimum absolute atomic E-state index is 0.202. The number of carbonyl (C=O) groups excluding carboxylic acids is 2. The summed E-state index contributed by atoms with van der Waals surface area (Å²) in [6.07, 6.45) is 1.59. The van der Waals surface area contributed by atoms with Gasteiger partial charge in [0.15, 0.2) is 5.78 Å². The van der Waals surface area contributed by atoms with Crippen LogP contribution in [0.5, 0.6) is 0 Å². The van der Waals surface area contributed by atoms with Crippen LogP contribution in [0.15, 0.2) is 73.1 Å². The lowest BCUT2D eigenvalue weighted by atomic mass is 10.0. The Morgan fingerprint density at radius 1 is 0.861 bits per heavy atom. The maximum Gasteiger partial charge on any atom is 0.238 e. The number of nitrogens with zero attached hydrogens (tertiary/aromatic N) is 4. The van der Waals surface area contributed by atoms with Crippen LogP contribution in [0.25, 0.3) is 10.9 Å². The van der Waals surface area contributed by atoms with Gasteiger partial charge in [0.25, 0.3) is 0 Å². The van der Waals surface area contributed by atoms with Crippen LogP contribution < -0.4 is 10.2 Å². The second-order valence-electron chi connectivity index (χ2n) is 8.52. The van der Waals surface area contributed by atoms with Gasteiger partial charge in [-0.1, -0.05) is 47.5 Å². The van der Waals surface area contributed by atoms with Gasteiger partial charge in [-0.25, -0.2) is 9.97 Å². The first-order valence-corrected chi connectivity index (χ1v) is 12.3. The van der Waals surface area contributed by atoms with E-state index < -0.39 is 0 Å². The van der Waals surface area contributed by atoms with Gasteiger partial charge in [-0.3, -0.25) is 14.5 Å². The third-order valence-corrected chi connectivity index (χ3v) is 6.74. The molecular weight excluding hydrogens is 497 g/mol. The molecule has 1 saturated heterocycles. The molecule has 0 unspecified atom stereocenters. The molecular formula is C27H23Cl2N5O2. The Bertz CT molecular complexity index is 1430. The van der Waals surface area contributed by atoms with E-state index in [1.165, 1.54) is 0 Å². The first-order valence-electron chi connectivity index (χ1n) is 11.6. The number of aromatic nitrogens is 2. The monoisotopic (exact) mass is 519 g/mol. The number of amides is 1. The lowest BCUT2D eigenvalue weighted by molar-refractivity contribution is -0.117. The number of anilines is 2. The molecule has 1 N–H and O–H groups in total. The lowest BCUT2D eigenvalue weighted by Gasteiger charge is -2.35. The molecule has 1 aromatic heterocycles. The maximum atomic E-state index is 13.2. The van der Waals surface area contributed by atoms with Gasteiger partial charge >= 0.3 is 0 Å². The fraction of sp³-hybridized carbons (Fsp3) is 0.185. The van der Waals surface area contributed by atoms with Crippen molar-refractivity contribution in [2.24, 2.45) is 0 Å². The molecule has 5 rings (SSSR count). The summed E-state index contributed by atoms with van der Waals surface area (Å²) in [6, 6.07) is 19.6. The first kappa shape index (κ1) is 24.2. The van der Waals surface area contributed by atoms with E-state index in [1.807, 2.05) is 24.3 Å². The summed E-state index contributed by atoms with van der Waals surface area (Å²) in [4.78, 5) is 39.2. The molecule has 0 radical (unpaired) electrons. The zero-order chi connectivity index (χ0) is 25.1. The highest BCUT2D eigenvalue weighted by Gasteiger charge is 2.23. The minimum atomic E-state index is -0.302. The molecule has 0 atom stereocenters. The molecule has 3 aromatic carbocycles. The average Bonchev–Trinajstić information content (AvgIpc) is 2.90. The van der Waals surface area contributed by atoms with Crippen molar-refractivity contribution in [1.82, 2.24) is 14.9 Å². The number of rotatable bonds is 6. The van der Waals surface area contributed by atoms with Gasteiger partial charge < -0.3 is 10.2 Å². The van der Waals surface area contributed by atoms with E-state index in [-0.39, 0.29) is 18.2 Å². The van der Waals surface area contributed by atoms with Crippen LogP contribution >= 0.6 is 23.2 Å². The lowest BCUT2D eigenvalue weighted by Crippen LogP contribution is -2.49. The molecule has 0 saturated carbocycles. The van der Waals surface area contributed by atoms with Crippen LogP contribution in [0.3, 0.4) is 0 Å². The second-order valence-corrected chi connectivity index (χ2v) is 9.37. The van der Waals surface area contributed by atoms with E-state index >= 15 is 0 Å². The third-order valence-electron chi connectivity index (χ3n) is 6.18. The summed E-state index contributed by atoms with van der Waals surface area (Å²) in [6.45, 7) is 3.10. The number of halogens is 2. The number of nitrogens with one attached hydrogen (secondary N) is 1. The Morgan fingerprint density at radius 3 is 2.42 bits per heavy atom. The van der Waals surface area contributed by atoms with Crippen molar-refractivity contribution in [1.29, 1.82) is 0 Å². The van der Waals surface area contributed by atoms with Gasteiger partial charge in [0.2, 0.25) is 5.91 Å². The van der Waals surface area contributed by atoms with Crippen LogP contribution in [-0.2, 0) is 4.79 Å². The number of ketones is 1. The van der Waals surface area contributed by atoms with Crippen LogP contribution in [0.4, 0.5) is 11.5 Å². The highest BCUT2D eigenvalue weighted by atomic mass is 35.5. The van der Waals surface area contributed by atoms with Crippen molar-refractivity contribution in [3.63, 3.8) is 0 Å². The zero-order valence-electron chi connectivity index (χ0n) is 19.3. The molecule has 36 heavy (non-hydrogen) atoms. The molecule has 0 bridgehead atoms. The first-order chi connectivity index (χ1) is 17.5. The Hall–Kier alpha value is -3.52. The Morgan fingerprint density at radius 2 is 1.61 bits per heavy atom. The summed E-state index contributed by atoms with van der Waals surface area (Å²) >= 11 is 12.4. The topological polar surface area (TPSA) is 78.4 Å². The highest BCUT2D eigenvalue weighted by Crippen LogP contribution is 2.27. The van der Waals surface area contributed by atoms with Crippen molar-refractivity contribution in [3.05, 3.63) is 94.2 Å². The fourth-order valence-corrected chi connectivity index (χ4v) is 4.75. The molecule has 1 fully saturated rings. The summed E-state index contributed by atoms with van der Waals surface area (Å²) < 4.78 is 0. The van der Waals surface area contributed by atoms with Crippen molar-refractivity contribution in [2.75, 3.05) is 42.9 Å². The predicted octanol–water partition coefficient (Wildman–Crippen LogP) is 4.93. The van der Waals surface area contributed by atoms with E-state index in [0.29, 0.717) is 39.9 Å². The number of para-hydroxylation sites is 1. The number of carbonyl (C=O) groups is 2.